The number of benzene rings is 2. The lowest BCUT2D eigenvalue weighted by atomic mass is 10.1. The normalized spacial score (nSPS) is 10.7. The molecule has 0 atom stereocenters. The fraction of sp³-hybridized carbons (Fsp3) is 0.263. The highest BCUT2D eigenvalue weighted by Gasteiger charge is 2.04. The fourth-order valence-electron chi connectivity index (χ4n) is 2.33. The van der Waals surface area contributed by atoms with Gasteiger partial charge in [0.15, 0.2) is 0 Å². The van der Waals surface area contributed by atoms with Crippen LogP contribution in [0.4, 0.5) is 0 Å². The maximum Gasteiger partial charge on any atom is 0.147 e. The molecule has 118 valence electrons. The van der Waals surface area contributed by atoms with Crippen LogP contribution >= 0.6 is 11.3 Å². The van der Waals surface area contributed by atoms with Crippen molar-refractivity contribution in [2.75, 3.05) is 6.61 Å². The van der Waals surface area contributed by atoms with Crippen molar-refractivity contribution in [1.82, 2.24) is 10.2 Å². The van der Waals surface area contributed by atoms with E-state index in [0.717, 1.165) is 34.4 Å². The molecular weight excluding hydrogens is 304 g/mol. The van der Waals surface area contributed by atoms with Crippen LogP contribution in [0.25, 0.3) is 10.6 Å². The summed E-state index contributed by atoms with van der Waals surface area (Å²) in [7, 11) is 0. The SMILES string of the molecule is CCOc1cc2ccc1=2.CCc1ccc(-c2nnc(C)s2)cc1. The van der Waals surface area contributed by atoms with Crippen LogP contribution < -0.4 is 4.74 Å². The predicted molar refractivity (Wildman–Crippen MR) is 94.7 cm³/mol. The molecule has 0 fully saturated rings. The van der Waals surface area contributed by atoms with Crippen molar-refractivity contribution in [3.05, 3.63) is 63.5 Å². The molecule has 0 unspecified atom stereocenters. The summed E-state index contributed by atoms with van der Waals surface area (Å²) in [6.07, 6.45) is 1.08. The molecule has 0 aliphatic heterocycles. The largest absolute Gasteiger partial charge is 0.493 e. The average Bonchev–Trinajstić information content (AvgIpc) is 2.99. The molecule has 0 spiro atoms. The highest BCUT2D eigenvalue weighted by atomic mass is 32.1. The van der Waals surface area contributed by atoms with Crippen molar-refractivity contribution in [3.63, 3.8) is 0 Å². The Labute approximate surface area is 140 Å². The number of aromatic nitrogens is 2. The minimum Gasteiger partial charge on any atom is -0.493 e. The molecule has 1 aromatic carbocycles. The maximum absolute atomic E-state index is 5.26. The first-order chi connectivity index (χ1) is 11.2. The van der Waals surface area contributed by atoms with Gasteiger partial charge in [0.1, 0.15) is 15.8 Å². The molecule has 23 heavy (non-hydrogen) atoms. The van der Waals surface area contributed by atoms with E-state index in [1.807, 2.05) is 13.8 Å². The van der Waals surface area contributed by atoms with Gasteiger partial charge in [-0.15, -0.1) is 10.2 Å². The summed E-state index contributed by atoms with van der Waals surface area (Å²) >= 11 is 1.63. The van der Waals surface area contributed by atoms with Crippen LogP contribution in [-0.4, -0.2) is 16.8 Å². The molecule has 0 bridgehead atoms. The lowest BCUT2D eigenvalue weighted by Gasteiger charge is -2.10. The molecule has 0 saturated carbocycles. The van der Waals surface area contributed by atoms with E-state index in [4.69, 9.17) is 4.74 Å². The number of hydrogen-bond donors (Lipinski definition) is 0. The molecule has 2 aliphatic rings. The van der Waals surface area contributed by atoms with Crippen molar-refractivity contribution >= 4 is 11.3 Å². The van der Waals surface area contributed by atoms with Crippen LogP contribution in [0.15, 0.2) is 42.5 Å². The first-order valence-electron chi connectivity index (χ1n) is 7.88. The highest BCUT2D eigenvalue weighted by Crippen LogP contribution is 2.24. The van der Waals surface area contributed by atoms with Gasteiger partial charge < -0.3 is 4.74 Å². The number of hydrogen-bond acceptors (Lipinski definition) is 4. The smallest absolute Gasteiger partial charge is 0.147 e. The van der Waals surface area contributed by atoms with Crippen molar-refractivity contribution < 1.29 is 4.74 Å². The minimum absolute atomic E-state index is 0.774. The van der Waals surface area contributed by atoms with Crippen LogP contribution in [0.3, 0.4) is 0 Å². The van der Waals surface area contributed by atoms with Crippen molar-refractivity contribution in [1.29, 1.82) is 0 Å². The molecule has 2 aromatic rings. The Kier molecular flexibility index (Phi) is 4.72. The van der Waals surface area contributed by atoms with E-state index in [2.05, 4.69) is 59.6 Å². The highest BCUT2D eigenvalue weighted by molar-refractivity contribution is 7.14. The van der Waals surface area contributed by atoms with Crippen LogP contribution in [0, 0.1) is 17.4 Å². The first-order valence-corrected chi connectivity index (χ1v) is 8.69. The Balaban J connectivity index is 0.000000149. The zero-order chi connectivity index (χ0) is 16.2. The summed E-state index contributed by atoms with van der Waals surface area (Å²) in [5.74, 6) is 1.06. The quantitative estimate of drug-likeness (QED) is 0.543. The van der Waals surface area contributed by atoms with E-state index >= 15 is 0 Å². The van der Waals surface area contributed by atoms with Crippen LogP contribution in [0.2, 0.25) is 0 Å². The molecule has 2 aliphatic carbocycles. The average molecular weight is 324 g/mol. The van der Waals surface area contributed by atoms with E-state index in [1.165, 1.54) is 16.0 Å². The van der Waals surface area contributed by atoms with E-state index < -0.39 is 0 Å². The number of rotatable bonds is 4. The van der Waals surface area contributed by atoms with Gasteiger partial charge in [0.05, 0.1) is 6.61 Å². The molecule has 1 heterocycles. The number of nitrogens with zero attached hydrogens (tertiary/aromatic N) is 2. The van der Waals surface area contributed by atoms with Crippen molar-refractivity contribution in [2.24, 2.45) is 0 Å². The van der Waals surface area contributed by atoms with Gasteiger partial charge in [0.25, 0.3) is 0 Å². The third kappa shape index (κ3) is 3.42. The third-order valence-corrected chi connectivity index (χ3v) is 4.62. The summed E-state index contributed by atoms with van der Waals surface area (Å²) in [5.41, 5.74) is 2.52. The molecule has 4 rings (SSSR count). The molecule has 0 N–H and O–H groups in total. The predicted octanol–water partition coefficient (Wildman–Crippen LogP) is 4.76. The van der Waals surface area contributed by atoms with Gasteiger partial charge >= 0.3 is 0 Å². The zero-order valence-corrected chi connectivity index (χ0v) is 14.5. The fourth-order valence-corrected chi connectivity index (χ4v) is 3.02. The summed E-state index contributed by atoms with van der Waals surface area (Å²) in [4.78, 5) is 0. The van der Waals surface area contributed by atoms with Gasteiger partial charge in [-0.3, -0.25) is 0 Å². The zero-order valence-electron chi connectivity index (χ0n) is 13.7. The van der Waals surface area contributed by atoms with E-state index in [1.54, 1.807) is 11.3 Å². The van der Waals surface area contributed by atoms with Crippen LogP contribution in [0.1, 0.15) is 24.4 Å². The van der Waals surface area contributed by atoms with Gasteiger partial charge in [-0.1, -0.05) is 54.7 Å². The second-order valence-electron chi connectivity index (χ2n) is 5.32. The molecular formula is C19H20N2OS. The Morgan fingerprint density at radius 1 is 1.00 bits per heavy atom. The molecule has 0 saturated heterocycles. The molecule has 3 nitrogen and oxygen atoms in total. The van der Waals surface area contributed by atoms with Crippen LogP contribution in [0.5, 0.6) is 5.75 Å². The van der Waals surface area contributed by atoms with Gasteiger partial charge in [0, 0.05) is 10.8 Å². The van der Waals surface area contributed by atoms with Gasteiger partial charge in [-0.25, -0.2) is 0 Å². The Hall–Kier alpha value is -2.20. The summed E-state index contributed by atoms with van der Waals surface area (Å²) in [6, 6.07) is 14.8. The second kappa shape index (κ2) is 6.92. The number of aryl methyl sites for hydroxylation is 2. The Morgan fingerprint density at radius 2 is 1.78 bits per heavy atom. The minimum atomic E-state index is 0.774. The maximum atomic E-state index is 5.26. The molecule has 0 amide bonds. The third-order valence-electron chi connectivity index (χ3n) is 3.73. The second-order valence-corrected chi connectivity index (χ2v) is 6.50. The van der Waals surface area contributed by atoms with Crippen molar-refractivity contribution in [2.45, 2.75) is 27.2 Å². The molecule has 0 radical (unpaired) electrons. The van der Waals surface area contributed by atoms with Gasteiger partial charge in [0.2, 0.25) is 0 Å². The summed E-state index contributed by atoms with van der Waals surface area (Å²) < 4.78 is 5.26. The first kappa shape index (κ1) is 15.7. The molecule has 4 heteroatoms. The van der Waals surface area contributed by atoms with E-state index in [0.29, 0.717) is 0 Å². The Bertz CT molecular complexity index is 884. The van der Waals surface area contributed by atoms with Crippen LogP contribution in [-0.2, 0) is 6.42 Å². The summed E-state index contributed by atoms with van der Waals surface area (Å²) in [5, 5.41) is 12.8. The molecule has 1 aromatic heterocycles. The van der Waals surface area contributed by atoms with E-state index in [-0.39, 0.29) is 0 Å². The number of ether oxygens (including phenoxy) is 1. The standard InChI is InChI=1S/C11H12N2S.C8H8O/c1-3-9-4-6-10(7-5-9)11-13-12-8(2)14-11;1-2-9-8-5-6-3-4-7(6)8/h4-7H,3H2,1-2H3;3-5H,2H2,1H3. The summed E-state index contributed by atoms with van der Waals surface area (Å²) in [6.45, 7) is 6.91. The van der Waals surface area contributed by atoms with Crippen molar-refractivity contribution in [3.8, 4) is 16.3 Å². The Morgan fingerprint density at radius 3 is 2.22 bits per heavy atom. The lowest BCUT2D eigenvalue weighted by Crippen LogP contribution is -1.97. The topological polar surface area (TPSA) is 35.0 Å². The monoisotopic (exact) mass is 324 g/mol. The van der Waals surface area contributed by atoms with Gasteiger partial charge in [-0.2, -0.15) is 0 Å². The van der Waals surface area contributed by atoms with E-state index in [9.17, 15) is 0 Å². The van der Waals surface area contributed by atoms with Gasteiger partial charge in [-0.05, 0) is 37.1 Å². The lowest BCUT2D eigenvalue weighted by molar-refractivity contribution is 0.334.